The number of hydrogen-bond acceptors (Lipinski definition) is 5. The second-order valence-electron chi connectivity index (χ2n) is 7.03. The molecule has 1 fully saturated rings. The number of rotatable bonds is 7. The Morgan fingerprint density at radius 2 is 2.00 bits per heavy atom. The first-order valence-corrected chi connectivity index (χ1v) is 9.24. The van der Waals surface area contributed by atoms with Gasteiger partial charge in [-0.05, 0) is 31.2 Å². The maximum atomic E-state index is 12.6. The second kappa shape index (κ2) is 8.45. The van der Waals surface area contributed by atoms with Crippen LogP contribution in [0.3, 0.4) is 0 Å². The van der Waals surface area contributed by atoms with E-state index in [-0.39, 0.29) is 11.3 Å². The lowest BCUT2D eigenvalue weighted by molar-refractivity contribution is -0.133. The third kappa shape index (κ3) is 4.30. The minimum Gasteiger partial charge on any atom is -0.385 e. The molecule has 140 valence electrons. The molecule has 2 aromatic rings. The monoisotopic (exact) mass is 357 g/mol. The van der Waals surface area contributed by atoms with Gasteiger partial charge in [-0.3, -0.25) is 4.79 Å². The van der Waals surface area contributed by atoms with Crippen molar-refractivity contribution in [1.82, 2.24) is 15.0 Å². The largest absolute Gasteiger partial charge is 0.385 e. The zero-order valence-corrected chi connectivity index (χ0v) is 15.6. The van der Waals surface area contributed by atoms with Gasteiger partial charge in [0.25, 0.3) is 0 Å². The molecule has 1 aromatic carbocycles. The summed E-state index contributed by atoms with van der Waals surface area (Å²) in [6.07, 6.45) is 3.86. The Morgan fingerprint density at radius 3 is 2.62 bits per heavy atom. The highest BCUT2D eigenvalue weighted by atomic mass is 16.5. The Balaban J connectivity index is 1.59. The van der Waals surface area contributed by atoms with Crippen LogP contribution in [0.2, 0.25) is 0 Å². The summed E-state index contributed by atoms with van der Waals surface area (Å²) in [6, 6.07) is 10.2. The lowest BCUT2D eigenvalue weighted by Crippen LogP contribution is -2.46. The Labute approximate surface area is 154 Å². The van der Waals surface area contributed by atoms with Crippen LogP contribution in [0.25, 0.3) is 0 Å². The minimum absolute atomic E-state index is 0.163. The number of carbonyl (C=O) groups excluding carboxylic acids is 1. The molecule has 0 unspecified atom stereocenters. The van der Waals surface area contributed by atoms with E-state index in [1.54, 1.807) is 7.11 Å². The Kier molecular flexibility index (Phi) is 6.04. The summed E-state index contributed by atoms with van der Waals surface area (Å²) in [5.41, 5.74) is 1.04. The second-order valence-corrected chi connectivity index (χ2v) is 7.03. The molecule has 3 rings (SSSR count). The number of amides is 1. The van der Waals surface area contributed by atoms with Gasteiger partial charge in [-0.25, -0.2) is 0 Å². The van der Waals surface area contributed by atoms with Gasteiger partial charge in [0.05, 0.1) is 0 Å². The highest BCUT2D eigenvalue weighted by Gasteiger charge is 2.40. The molecule has 1 aromatic heterocycles. The summed E-state index contributed by atoms with van der Waals surface area (Å²) >= 11 is 0. The van der Waals surface area contributed by atoms with Gasteiger partial charge in [0.1, 0.15) is 0 Å². The van der Waals surface area contributed by atoms with E-state index in [1.807, 2.05) is 30.0 Å². The highest BCUT2D eigenvalue weighted by Crippen LogP contribution is 2.37. The molecule has 0 spiro atoms. The van der Waals surface area contributed by atoms with Crippen LogP contribution in [0, 0.1) is 6.92 Å². The Morgan fingerprint density at radius 1 is 1.27 bits per heavy atom. The van der Waals surface area contributed by atoms with Crippen LogP contribution in [0.15, 0.2) is 34.9 Å². The number of carbonyl (C=O) groups is 1. The van der Waals surface area contributed by atoms with Gasteiger partial charge < -0.3 is 14.2 Å². The van der Waals surface area contributed by atoms with Crippen molar-refractivity contribution in [1.29, 1.82) is 0 Å². The third-order valence-electron chi connectivity index (χ3n) is 5.33. The van der Waals surface area contributed by atoms with Crippen molar-refractivity contribution in [3.05, 3.63) is 47.6 Å². The van der Waals surface area contributed by atoms with Crippen molar-refractivity contribution in [3.8, 4) is 0 Å². The summed E-state index contributed by atoms with van der Waals surface area (Å²) in [5, 5.41) is 4.17. The molecule has 0 bridgehead atoms. The Bertz CT molecular complexity index is 706. The average Bonchev–Trinajstić information content (AvgIpc) is 3.13. The molecule has 6 nitrogen and oxygen atoms in total. The number of hydrogen-bond donors (Lipinski definition) is 0. The number of ether oxygens (including phenoxy) is 1. The summed E-state index contributed by atoms with van der Waals surface area (Å²) < 4.78 is 10.5. The lowest BCUT2D eigenvalue weighted by Gasteiger charge is -2.40. The molecule has 1 aliphatic rings. The first-order valence-electron chi connectivity index (χ1n) is 9.24. The van der Waals surface area contributed by atoms with Crippen molar-refractivity contribution in [2.75, 3.05) is 26.8 Å². The van der Waals surface area contributed by atoms with E-state index < -0.39 is 0 Å². The summed E-state index contributed by atoms with van der Waals surface area (Å²) in [4.78, 5) is 19.0. The predicted molar refractivity (Wildman–Crippen MR) is 97.8 cm³/mol. The van der Waals surface area contributed by atoms with Crippen LogP contribution in [0.4, 0.5) is 0 Å². The normalized spacial score (nSPS) is 16.6. The fourth-order valence-electron chi connectivity index (χ4n) is 3.64. The standard InChI is InChI=1S/C20H27N3O3/c1-16-21-19(22-26-16)20(12-15-25-2)10-13-23(14-11-20)18(24)9-8-17-6-4-3-5-7-17/h3-7H,8-15H2,1-2H3. The number of aromatic nitrogens is 2. The Hall–Kier alpha value is -2.21. The SMILES string of the molecule is COCCC1(c2noc(C)n2)CCN(C(=O)CCc2ccccc2)CC1. The van der Waals surface area contributed by atoms with Crippen LogP contribution in [0.1, 0.15) is 43.0 Å². The molecule has 1 amide bonds. The smallest absolute Gasteiger partial charge is 0.223 e. The molecule has 0 radical (unpaired) electrons. The van der Waals surface area contributed by atoms with Gasteiger partial charge in [-0.1, -0.05) is 35.5 Å². The molecule has 0 saturated carbocycles. The topological polar surface area (TPSA) is 68.5 Å². The summed E-state index contributed by atoms with van der Waals surface area (Å²) in [5.74, 6) is 1.56. The molecule has 0 aliphatic carbocycles. The molecule has 0 atom stereocenters. The van der Waals surface area contributed by atoms with E-state index in [0.29, 0.717) is 18.9 Å². The molecule has 1 aliphatic heterocycles. The van der Waals surface area contributed by atoms with Crippen LogP contribution in [-0.2, 0) is 21.4 Å². The van der Waals surface area contributed by atoms with Crippen LogP contribution in [0.5, 0.6) is 0 Å². The fraction of sp³-hybridized carbons (Fsp3) is 0.550. The van der Waals surface area contributed by atoms with E-state index in [0.717, 1.165) is 44.6 Å². The first-order chi connectivity index (χ1) is 12.6. The average molecular weight is 357 g/mol. The quantitative estimate of drug-likeness (QED) is 0.762. The maximum Gasteiger partial charge on any atom is 0.223 e. The maximum absolute atomic E-state index is 12.6. The van der Waals surface area contributed by atoms with E-state index >= 15 is 0 Å². The van der Waals surface area contributed by atoms with Gasteiger partial charge in [0, 0.05) is 45.6 Å². The number of nitrogens with zero attached hydrogens (tertiary/aromatic N) is 3. The zero-order chi connectivity index (χ0) is 18.4. The van der Waals surface area contributed by atoms with Crippen molar-refractivity contribution in [2.24, 2.45) is 0 Å². The number of likely N-dealkylation sites (tertiary alicyclic amines) is 1. The molecule has 0 N–H and O–H groups in total. The van der Waals surface area contributed by atoms with Crippen molar-refractivity contribution in [3.63, 3.8) is 0 Å². The van der Waals surface area contributed by atoms with Gasteiger partial charge in [-0.2, -0.15) is 4.98 Å². The molecular weight excluding hydrogens is 330 g/mol. The minimum atomic E-state index is -0.163. The van der Waals surface area contributed by atoms with Gasteiger partial charge in [-0.15, -0.1) is 0 Å². The molecule has 6 heteroatoms. The van der Waals surface area contributed by atoms with Crippen molar-refractivity contribution >= 4 is 5.91 Å². The first kappa shape index (κ1) is 18.6. The molecule has 2 heterocycles. The molecule has 26 heavy (non-hydrogen) atoms. The van der Waals surface area contributed by atoms with Crippen molar-refractivity contribution in [2.45, 2.75) is 44.4 Å². The molecule has 1 saturated heterocycles. The van der Waals surface area contributed by atoms with Crippen LogP contribution < -0.4 is 0 Å². The van der Waals surface area contributed by atoms with Crippen LogP contribution >= 0.6 is 0 Å². The van der Waals surface area contributed by atoms with Gasteiger partial charge in [0.2, 0.25) is 11.8 Å². The van der Waals surface area contributed by atoms with Crippen LogP contribution in [-0.4, -0.2) is 47.8 Å². The zero-order valence-electron chi connectivity index (χ0n) is 15.6. The fourth-order valence-corrected chi connectivity index (χ4v) is 3.64. The van der Waals surface area contributed by atoms with Crippen molar-refractivity contribution < 1.29 is 14.1 Å². The highest BCUT2D eigenvalue weighted by molar-refractivity contribution is 5.76. The van der Waals surface area contributed by atoms with E-state index in [2.05, 4.69) is 22.3 Å². The van der Waals surface area contributed by atoms with Gasteiger partial charge in [0.15, 0.2) is 5.82 Å². The van der Waals surface area contributed by atoms with E-state index in [4.69, 9.17) is 9.26 Å². The van der Waals surface area contributed by atoms with Gasteiger partial charge >= 0.3 is 0 Å². The predicted octanol–water partition coefficient (Wildman–Crippen LogP) is 2.91. The lowest BCUT2D eigenvalue weighted by atomic mass is 9.75. The summed E-state index contributed by atoms with van der Waals surface area (Å²) in [7, 11) is 1.71. The third-order valence-corrected chi connectivity index (χ3v) is 5.33. The number of aryl methyl sites for hydroxylation is 2. The summed E-state index contributed by atoms with van der Waals surface area (Å²) in [6.45, 7) is 3.91. The number of methoxy groups -OCH3 is 1. The number of piperidine rings is 1. The molecular formula is C20H27N3O3. The van der Waals surface area contributed by atoms with E-state index in [1.165, 1.54) is 5.56 Å². The van der Waals surface area contributed by atoms with E-state index in [9.17, 15) is 4.79 Å². The number of benzene rings is 1.